The van der Waals surface area contributed by atoms with E-state index in [0.717, 1.165) is 52.9 Å². The molecule has 0 aromatic carbocycles. The molecule has 1 aliphatic rings. The van der Waals surface area contributed by atoms with Gasteiger partial charge in [0, 0.05) is 36.3 Å². The molecule has 0 spiro atoms. The maximum Gasteiger partial charge on any atom is 0.181 e. The smallest absolute Gasteiger partial charge is 0.181 e. The Morgan fingerprint density at radius 1 is 1.24 bits per heavy atom. The van der Waals surface area contributed by atoms with E-state index >= 15 is 0 Å². The monoisotopic (exact) mass is 406 g/mol. The molecule has 0 radical (unpaired) electrons. The van der Waals surface area contributed by atoms with Crippen LogP contribution < -0.4 is 10.6 Å². The van der Waals surface area contributed by atoms with Gasteiger partial charge < -0.3 is 10.6 Å². The van der Waals surface area contributed by atoms with Gasteiger partial charge in [0.1, 0.15) is 5.00 Å². The Hall–Kier alpha value is -3.04. The molecule has 1 aliphatic heterocycles. The maximum atomic E-state index is 4.95. The highest BCUT2D eigenvalue weighted by molar-refractivity contribution is 7.10. The summed E-state index contributed by atoms with van der Waals surface area (Å²) in [4.78, 5) is 9.61. The highest BCUT2D eigenvalue weighted by Crippen LogP contribution is 2.33. The molecule has 0 atom stereocenters. The number of nitrogens with zero attached hydrogens (tertiary/aromatic N) is 5. The fraction of sp³-hybridized carbons (Fsp3) is 0.300. The Morgan fingerprint density at radius 2 is 2.17 bits per heavy atom. The zero-order valence-corrected chi connectivity index (χ0v) is 17.1. The van der Waals surface area contributed by atoms with Crippen LogP contribution in [0, 0.1) is 0 Å². The molecule has 29 heavy (non-hydrogen) atoms. The van der Waals surface area contributed by atoms with Crippen molar-refractivity contribution < 1.29 is 0 Å². The SMILES string of the molecule is CC(C)c1cnsc1Nc1nc(C2=CCCNC2)cn2c(-c3cn[nH]c3)cnc12. The average molecular weight is 407 g/mol. The molecule has 4 aromatic heterocycles. The quantitative estimate of drug-likeness (QED) is 0.466. The lowest BCUT2D eigenvalue weighted by Gasteiger charge is -2.16. The fourth-order valence-corrected chi connectivity index (χ4v) is 4.34. The van der Waals surface area contributed by atoms with Gasteiger partial charge in [-0.25, -0.2) is 9.97 Å². The van der Waals surface area contributed by atoms with Gasteiger partial charge in [-0.3, -0.25) is 9.50 Å². The second-order valence-corrected chi connectivity index (χ2v) is 8.19. The first-order valence-electron chi connectivity index (χ1n) is 9.69. The van der Waals surface area contributed by atoms with Crippen LogP contribution in [0.15, 0.2) is 37.1 Å². The van der Waals surface area contributed by atoms with E-state index in [0.29, 0.717) is 5.92 Å². The Bertz CT molecular complexity index is 1170. The molecular formula is C20H22N8S. The van der Waals surface area contributed by atoms with E-state index in [1.165, 1.54) is 22.7 Å². The molecule has 0 aliphatic carbocycles. The summed E-state index contributed by atoms with van der Waals surface area (Å²) in [5.74, 6) is 1.11. The van der Waals surface area contributed by atoms with Crippen molar-refractivity contribution >= 4 is 33.6 Å². The van der Waals surface area contributed by atoms with Crippen LogP contribution in [0.3, 0.4) is 0 Å². The first-order chi connectivity index (χ1) is 14.2. The van der Waals surface area contributed by atoms with Gasteiger partial charge in [-0.1, -0.05) is 19.9 Å². The number of nitrogens with one attached hydrogen (secondary N) is 3. The van der Waals surface area contributed by atoms with Crippen molar-refractivity contribution in [3.05, 3.63) is 48.3 Å². The molecule has 0 unspecified atom stereocenters. The highest BCUT2D eigenvalue weighted by Gasteiger charge is 2.18. The Morgan fingerprint density at radius 3 is 2.93 bits per heavy atom. The van der Waals surface area contributed by atoms with Crippen molar-refractivity contribution in [2.45, 2.75) is 26.2 Å². The van der Waals surface area contributed by atoms with Crippen LogP contribution in [0.5, 0.6) is 0 Å². The summed E-state index contributed by atoms with van der Waals surface area (Å²) in [6, 6.07) is 0. The zero-order valence-electron chi connectivity index (χ0n) is 16.3. The standard InChI is InChI=1S/C20H22N8S/c1-12(2)15-9-25-29-20(15)27-18-19-22-10-17(14-7-23-24-8-14)28(19)11-16(26-18)13-4-3-5-21-6-13/h4,7-12,21H,3,5-6H2,1-2H3,(H,23,24)(H,26,27). The third-order valence-electron chi connectivity index (χ3n) is 5.09. The predicted octanol–water partition coefficient (Wildman–Crippen LogP) is 3.82. The molecule has 5 heterocycles. The summed E-state index contributed by atoms with van der Waals surface area (Å²) in [6.45, 7) is 6.14. The summed E-state index contributed by atoms with van der Waals surface area (Å²) in [6.07, 6.45) is 12.8. The summed E-state index contributed by atoms with van der Waals surface area (Å²) >= 11 is 1.45. The number of H-pyrrole nitrogens is 1. The van der Waals surface area contributed by atoms with Crippen molar-refractivity contribution in [2.75, 3.05) is 18.4 Å². The largest absolute Gasteiger partial charge is 0.327 e. The molecule has 0 saturated carbocycles. The molecule has 5 rings (SSSR count). The van der Waals surface area contributed by atoms with Gasteiger partial charge >= 0.3 is 0 Å². The molecule has 148 valence electrons. The number of aromatic amines is 1. The first-order valence-corrected chi connectivity index (χ1v) is 10.5. The van der Waals surface area contributed by atoms with E-state index in [4.69, 9.17) is 4.98 Å². The molecule has 0 fully saturated rings. The minimum Gasteiger partial charge on any atom is -0.327 e. The first kappa shape index (κ1) is 18.0. The zero-order chi connectivity index (χ0) is 19.8. The maximum absolute atomic E-state index is 4.95. The van der Waals surface area contributed by atoms with Crippen LogP contribution in [0.1, 0.15) is 37.4 Å². The summed E-state index contributed by atoms with van der Waals surface area (Å²) in [7, 11) is 0. The number of imidazole rings is 1. The number of rotatable bonds is 5. The number of aromatic nitrogens is 6. The van der Waals surface area contributed by atoms with E-state index in [-0.39, 0.29) is 0 Å². The lowest BCUT2D eigenvalue weighted by Crippen LogP contribution is -2.22. The molecule has 9 heteroatoms. The van der Waals surface area contributed by atoms with Gasteiger partial charge in [-0.15, -0.1) is 0 Å². The van der Waals surface area contributed by atoms with Crippen molar-refractivity contribution in [2.24, 2.45) is 0 Å². The Balaban J connectivity index is 1.67. The van der Waals surface area contributed by atoms with Gasteiger partial charge in [0.15, 0.2) is 11.5 Å². The van der Waals surface area contributed by atoms with Crippen molar-refractivity contribution in [3.63, 3.8) is 0 Å². The molecular weight excluding hydrogens is 384 g/mol. The third-order valence-corrected chi connectivity index (χ3v) is 5.83. The average Bonchev–Trinajstić information content (AvgIpc) is 3.48. The Kier molecular flexibility index (Phi) is 4.61. The molecule has 0 amide bonds. The minimum atomic E-state index is 0.377. The number of fused-ring (bicyclic) bond motifs is 1. The lowest BCUT2D eigenvalue weighted by molar-refractivity contribution is 0.737. The number of hydrogen-bond donors (Lipinski definition) is 3. The summed E-state index contributed by atoms with van der Waals surface area (Å²) in [5.41, 5.74) is 6.04. The van der Waals surface area contributed by atoms with Crippen molar-refractivity contribution in [1.82, 2.24) is 34.3 Å². The van der Waals surface area contributed by atoms with Gasteiger partial charge in [0.2, 0.25) is 0 Å². The van der Waals surface area contributed by atoms with Gasteiger partial charge in [-0.05, 0) is 36.0 Å². The van der Waals surface area contributed by atoms with E-state index in [1.54, 1.807) is 6.20 Å². The molecule has 8 nitrogen and oxygen atoms in total. The van der Waals surface area contributed by atoms with Crippen LogP contribution in [0.2, 0.25) is 0 Å². The van der Waals surface area contributed by atoms with E-state index < -0.39 is 0 Å². The molecule has 0 bridgehead atoms. The second kappa shape index (κ2) is 7.41. The normalized spacial score (nSPS) is 14.5. The van der Waals surface area contributed by atoms with Gasteiger partial charge in [0.25, 0.3) is 0 Å². The third kappa shape index (κ3) is 3.32. The van der Waals surface area contributed by atoms with Crippen LogP contribution in [-0.2, 0) is 0 Å². The summed E-state index contributed by atoms with van der Waals surface area (Å²) < 4.78 is 6.45. The molecule has 4 aromatic rings. The van der Waals surface area contributed by atoms with E-state index in [1.807, 2.05) is 18.6 Å². The van der Waals surface area contributed by atoms with Crippen molar-refractivity contribution in [1.29, 1.82) is 0 Å². The van der Waals surface area contributed by atoms with E-state index in [2.05, 4.69) is 60.7 Å². The van der Waals surface area contributed by atoms with Crippen LogP contribution in [0.25, 0.3) is 22.5 Å². The van der Waals surface area contributed by atoms with E-state index in [9.17, 15) is 0 Å². The molecule has 0 saturated heterocycles. The van der Waals surface area contributed by atoms with Crippen LogP contribution in [0.4, 0.5) is 10.8 Å². The summed E-state index contributed by atoms with van der Waals surface area (Å²) in [5, 5.41) is 14.9. The Labute approximate surface area is 172 Å². The lowest BCUT2D eigenvalue weighted by atomic mass is 10.1. The van der Waals surface area contributed by atoms with Gasteiger partial charge in [-0.2, -0.15) is 9.47 Å². The van der Waals surface area contributed by atoms with Gasteiger partial charge in [0.05, 0.1) is 23.8 Å². The highest BCUT2D eigenvalue weighted by atomic mass is 32.1. The van der Waals surface area contributed by atoms with Crippen molar-refractivity contribution in [3.8, 4) is 11.3 Å². The fourth-order valence-electron chi connectivity index (χ4n) is 3.53. The predicted molar refractivity (Wildman–Crippen MR) is 116 cm³/mol. The number of anilines is 2. The minimum absolute atomic E-state index is 0.377. The van der Waals surface area contributed by atoms with Crippen LogP contribution >= 0.6 is 11.5 Å². The topological polar surface area (TPSA) is 95.8 Å². The number of hydrogen-bond acceptors (Lipinski definition) is 7. The van der Waals surface area contributed by atoms with Crippen LogP contribution in [-0.4, -0.2) is 42.0 Å². The second-order valence-electron chi connectivity index (χ2n) is 7.38. The molecule has 3 N–H and O–H groups in total.